The Kier molecular flexibility index (Phi) is 7.38. The van der Waals surface area contributed by atoms with Gasteiger partial charge in [-0.1, -0.05) is 6.42 Å². The molecule has 0 aliphatic carbocycles. The third-order valence-corrected chi connectivity index (χ3v) is 6.50. The first kappa shape index (κ1) is 27.1. The van der Waals surface area contributed by atoms with Gasteiger partial charge in [0.25, 0.3) is 17.7 Å². The summed E-state index contributed by atoms with van der Waals surface area (Å²) < 4.78 is 93.6. The van der Waals surface area contributed by atoms with Gasteiger partial charge in [-0.3, -0.25) is 4.79 Å². The average molecular weight is 537 g/mol. The fourth-order valence-corrected chi connectivity index (χ4v) is 4.48. The summed E-state index contributed by atoms with van der Waals surface area (Å²) in [5, 5.41) is 17.2. The van der Waals surface area contributed by atoms with Crippen LogP contribution in [-0.4, -0.2) is 63.6 Å². The number of nitrogens with two attached hydrogens (primary N) is 1. The first-order chi connectivity index (χ1) is 17.3. The van der Waals surface area contributed by atoms with Crippen molar-refractivity contribution in [3.05, 3.63) is 23.2 Å². The van der Waals surface area contributed by atoms with Crippen LogP contribution in [-0.2, 0) is 16.5 Å². The third kappa shape index (κ3) is 5.51. The second-order valence-corrected chi connectivity index (χ2v) is 9.24. The van der Waals surface area contributed by atoms with Crippen molar-refractivity contribution >= 4 is 11.6 Å². The Balaban J connectivity index is 1.83. The van der Waals surface area contributed by atoms with Gasteiger partial charge in [-0.05, 0) is 44.1 Å². The molecule has 1 fully saturated rings. The fourth-order valence-electron chi connectivity index (χ4n) is 4.48. The molecule has 4 heterocycles. The molecule has 2 aromatic heterocycles. The summed E-state index contributed by atoms with van der Waals surface area (Å²) in [4.78, 5) is 18.4. The lowest BCUT2D eigenvalue weighted by Crippen LogP contribution is -2.42. The monoisotopic (exact) mass is 537 g/mol. The average Bonchev–Trinajstić information content (AvgIpc) is 3.32. The molecule has 0 spiro atoms. The zero-order chi connectivity index (χ0) is 27.0. The van der Waals surface area contributed by atoms with Crippen LogP contribution < -0.4 is 5.73 Å². The topological polar surface area (TPSA) is 128 Å². The molecule has 1 amide bonds. The van der Waals surface area contributed by atoms with E-state index in [2.05, 4.69) is 15.2 Å². The van der Waals surface area contributed by atoms with Gasteiger partial charge in [-0.25, -0.2) is 4.98 Å². The van der Waals surface area contributed by atoms with Crippen molar-refractivity contribution in [2.75, 3.05) is 32.0 Å². The quantitative estimate of drug-likeness (QED) is 0.552. The van der Waals surface area contributed by atoms with Gasteiger partial charge >= 0.3 is 12.4 Å². The Morgan fingerprint density at radius 3 is 2.51 bits per heavy atom. The minimum absolute atomic E-state index is 0.0309. The zero-order valence-electron chi connectivity index (χ0n) is 19.5. The number of nitrogens with zero attached hydrogens (tertiary/aromatic N) is 4. The number of halogens is 6. The van der Waals surface area contributed by atoms with E-state index >= 15 is 0 Å². The molecular formula is C22H25F6N5O4. The molecule has 0 saturated carbocycles. The summed E-state index contributed by atoms with van der Waals surface area (Å²) in [6, 6.07) is 0.461. The van der Waals surface area contributed by atoms with Gasteiger partial charge in [0, 0.05) is 19.7 Å². The van der Waals surface area contributed by atoms with E-state index in [9.17, 15) is 36.2 Å². The molecule has 4 rings (SSSR count). The summed E-state index contributed by atoms with van der Waals surface area (Å²) in [6.07, 6.45) is -9.40. The predicted molar refractivity (Wildman–Crippen MR) is 115 cm³/mol. The normalized spacial score (nSPS) is 24.1. The molecule has 0 aromatic carbocycles. The SMILES string of the molecule is Nc1cc(C(F)(F)F)c2nc1-c1nnc(o1)[C@@](O)(C(F)(F)F)CCCCCN(CC1CCCOC1)C2=O. The molecular weight excluding hydrogens is 512 g/mol. The zero-order valence-corrected chi connectivity index (χ0v) is 19.5. The predicted octanol–water partition coefficient (Wildman–Crippen LogP) is 3.93. The number of alkyl halides is 6. The minimum atomic E-state index is -5.18. The standard InChI is InChI=1S/C22H25F6N5O4/c23-21(24,25)13-9-14(29)16-17-31-32-19(37-17)20(35,22(26,27)28)6-2-1-3-7-33(18(34)15(13)30-16)10-12-5-4-8-36-11-12/h9,12,35H,1-8,10-11,29H2/t12?,20-/m1/s1. The Labute approximate surface area is 207 Å². The highest BCUT2D eigenvalue weighted by molar-refractivity contribution is 5.95. The van der Waals surface area contributed by atoms with E-state index in [1.807, 2.05) is 0 Å². The third-order valence-electron chi connectivity index (χ3n) is 6.50. The van der Waals surface area contributed by atoms with Crippen LogP contribution in [0.1, 0.15) is 60.5 Å². The lowest BCUT2D eigenvalue weighted by molar-refractivity contribution is -0.277. The molecule has 2 aliphatic heterocycles. The van der Waals surface area contributed by atoms with Gasteiger partial charge in [0.05, 0.1) is 17.9 Å². The summed E-state index contributed by atoms with van der Waals surface area (Å²) in [7, 11) is 0. The van der Waals surface area contributed by atoms with Crippen molar-refractivity contribution in [2.45, 2.75) is 56.5 Å². The van der Waals surface area contributed by atoms with Gasteiger partial charge < -0.3 is 24.9 Å². The maximum absolute atomic E-state index is 13.9. The number of amides is 1. The maximum atomic E-state index is 13.9. The van der Waals surface area contributed by atoms with E-state index in [1.165, 1.54) is 4.90 Å². The van der Waals surface area contributed by atoms with Crippen molar-refractivity contribution in [3.8, 4) is 11.6 Å². The van der Waals surface area contributed by atoms with E-state index < -0.39 is 64.7 Å². The molecule has 37 heavy (non-hydrogen) atoms. The lowest BCUT2D eigenvalue weighted by Gasteiger charge is -2.31. The number of rotatable bonds is 2. The van der Waals surface area contributed by atoms with Crippen molar-refractivity contribution in [2.24, 2.45) is 5.92 Å². The molecule has 204 valence electrons. The van der Waals surface area contributed by atoms with Crippen molar-refractivity contribution in [1.82, 2.24) is 20.1 Å². The first-order valence-corrected chi connectivity index (χ1v) is 11.7. The molecule has 2 atom stereocenters. The van der Waals surface area contributed by atoms with Gasteiger partial charge in [-0.2, -0.15) is 26.3 Å². The molecule has 2 aliphatic rings. The highest BCUT2D eigenvalue weighted by Gasteiger charge is 2.58. The van der Waals surface area contributed by atoms with E-state index in [4.69, 9.17) is 14.9 Å². The summed E-state index contributed by atoms with van der Waals surface area (Å²) in [5.41, 5.74) is -1.38. The number of ether oxygens (including phenoxy) is 1. The van der Waals surface area contributed by atoms with Crippen LogP contribution in [0.3, 0.4) is 0 Å². The Bertz CT molecular complexity index is 1130. The molecule has 1 unspecified atom stereocenters. The number of carbonyl (C=O) groups is 1. The number of hydrogen-bond donors (Lipinski definition) is 2. The molecule has 4 bridgehead atoms. The number of aromatic nitrogens is 3. The van der Waals surface area contributed by atoms with E-state index in [0.717, 1.165) is 6.42 Å². The van der Waals surface area contributed by atoms with Crippen LogP contribution >= 0.6 is 0 Å². The van der Waals surface area contributed by atoms with Crippen LogP contribution in [0.15, 0.2) is 10.5 Å². The summed E-state index contributed by atoms with van der Waals surface area (Å²) in [5.74, 6) is -3.10. The number of hydrogen-bond acceptors (Lipinski definition) is 8. The second-order valence-electron chi connectivity index (χ2n) is 9.24. The number of aliphatic hydroxyl groups is 1. The van der Waals surface area contributed by atoms with Crippen molar-refractivity contribution in [3.63, 3.8) is 0 Å². The molecule has 1 saturated heterocycles. The number of fused-ring (bicyclic) bond motifs is 5. The van der Waals surface area contributed by atoms with Crippen LogP contribution in [0.25, 0.3) is 11.6 Å². The van der Waals surface area contributed by atoms with Crippen LogP contribution in [0, 0.1) is 5.92 Å². The summed E-state index contributed by atoms with van der Waals surface area (Å²) >= 11 is 0. The van der Waals surface area contributed by atoms with Gasteiger partial charge in [-0.15, -0.1) is 10.2 Å². The van der Waals surface area contributed by atoms with Crippen LogP contribution in [0.4, 0.5) is 32.0 Å². The number of carbonyl (C=O) groups excluding carboxylic acids is 1. The number of nitrogen functional groups attached to an aromatic ring is 1. The molecule has 15 heteroatoms. The molecule has 9 nitrogen and oxygen atoms in total. The second kappa shape index (κ2) is 10.1. The van der Waals surface area contributed by atoms with E-state index in [1.54, 1.807) is 0 Å². The molecule has 0 radical (unpaired) electrons. The number of pyridine rings is 1. The Morgan fingerprint density at radius 2 is 1.86 bits per heavy atom. The summed E-state index contributed by atoms with van der Waals surface area (Å²) in [6.45, 7) is 0.908. The van der Waals surface area contributed by atoms with Gasteiger partial charge in [0.1, 0.15) is 5.69 Å². The van der Waals surface area contributed by atoms with Gasteiger partial charge in [0.2, 0.25) is 5.60 Å². The maximum Gasteiger partial charge on any atom is 0.426 e. The highest BCUT2D eigenvalue weighted by atomic mass is 19.4. The van der Waals surface area contributed by atoms with E-state index in [-0.39, 0.29) is 38.3 Å². The van der Waals surface area contributed by atoms with Crippen LogP contribution in [0.5, 0.6) is 0 Å². The van der Waals surface area contributed by atoms with Gasteiger partial charge in [0.15, 0.2) is 5.69 Å². The lowest BCUT2D eigenvalue weighted by atomic mass is 9.95. The molecule has 2 aromatic rings. The number of anilines is 1. The molecule has 3 N–H and O–H groups in total. The minimum Gasteiger partial charge on any atom is -0.416 e. The first-order valence-electron chi connectivity index (χ1n) is 11.7. The van der Waals surface area contributed by atoms with E-state index in [0.29, 0.717) is 25.7 Å². The largest absolute Gasteiger partial charge is 0.426 e. The highest BCUT2D eigenvalue weighted by Crippen LogP contribution is 2.43. The van der Waals surface area contributed by atoms with Crippen molar-refractivity contribution in [1.29, 1.82) is 0 Å². The smallest absolute Gasteiger partial charge is 0.416 e. The Hall–Kier alpha value is -2.94. The fraction of sp³-hybridized carbons (Fsp3) is 0.636. The Morgan fingerprint density at radius 1 is 1.11 bits per heavy atom. The van der Waals surface area contributed by atoms with Crippen LogP contribution in [0.2, 0.25) is 0 Å². The van der Waals surface area contributed by atoms with Crippen molar-refractivity contribution < 1.29 is 45.4 Å².